The van der Waals surface area contributed by atoms with Crippen LogP contribution in [-0.2, 0) is 9.59 Å². The lowest BCUT2D eigenvalue weighted by Gasteiger charge is -2.42. The number of likely N-dealkylation sites (tertiary alicyclic amines) is 1. The topological polar surface area (TPSA) is 73.0 Å². The van der Waals surface area contributed by atoms with Gasteiger partial charge in [-0.15, -0.1) is 0 Å². The number of aryl methyl sites for hydroxylation is 1. The van der Waals surface area contributed by atoms with Crippen LogP contribution in [0, 0.1) is 12.8 Å². The summed E-state index contributed by atoms with van der Waals surface area (Å²) in [5, 5.41) is 2.93. The molecule has 2 heterocycles. The Bertz CT molecular complexity index is 786. The zero-order valence-electron chi connectivity index (χ0n) is 17.3. The van der Waals surface area contributed by atoms with Crippen LogP contribution in [0.25, 0.3) is 0 Å². The minimum Gasteiger partial charge on any atom is -0.336 e. The largest absolute Gasteiger partial charge is 0.336 e. The number of hydrogen-bond donors (Lipinski definition) is 1. The number of rotatable bonds is 3. The van der Waals surface area contributed by atoms with Crippen LogP contribution in [-0.4, -0.2) is 71.3 Å². The van der Waals surface area contributed by atoms with Gasteiger partial charge in [0.05, 0.1) is 0 Å². The fourth-order valence-corrected chi connectivity index (χ4v) is 4.10. The van der Waals surface area contributed by atoms with Crippen molar-refractivity contribution in [1.82, 2.24) is 14.7 Å². The van der Waals surface area contributed by atoms with Crippen LogP contribution in [0.4, 0.5) is 10.5 Å². The quantitative estimate of drug-likeness (QED) is 0.795. The summed E-state index contributed by atoms with van der Waals surface area (Å²) in [5.41, 5.74) is 1.88. The van der Waals surface area contributed by atoms with Crippen molar-refractivity contribution in [2.45, 2.75) is 32.7 Å². The third-order valence-electron chi connectivity index (χ3n) is 5.80. The molecule has 0 saturated carbocycles. The number of nitrogens with one attached hydrogen (secondary N) is 1. The maximum Gasteiger partial charge on any atom is 0.321 e. The first kappa shape index (κ1) is 20.9. The molecule has 1 aromatic rings. The van der Waals surface area contributed by atoms with Crippen molar-refractivity contribution < 1.29 is 14.4 Å². The van der Waals surface area contributed by atoms with Crippen LogP contribution in [0.2, 0.25) is 0 Å². The van der Waals surface area contributed by atoms with Crippen LogP contribution < -0.4 is 5.32 Å². The van der Waals surface area contributed by atoms with Gasteiger partial charge in [0.25, 0.3) is 0 Å². The Morgan fingerprint density at radius 1 is 1.10 bits per heavy atom. The molecule has 2 saturated heterocycles. The number of carbonyl (C=O) groups is 3. The summed E-state index contributed by atoms with van der Waals surface area (Å²) in [6.07, 6.45) is 2.65. The van der Waals surface area contributed by atoms with E-state index < -0.39 is 0 Å². The van der Waals surface area contributed by atoms with Gasteiger partial charge in [0.1, 0.15) is 0 Å². The van der Waals surface area contributed by atoms with Gasteiger partial charge in [0, 0.05) is 50.4 Å². The summed E-state index contributed by atoms with van der Waals surface area (Å²) in [5.74, 6) is -0.0130. The average Bonchev–Trinajstić information content (AvgIpc) is 2.72. The van der Waals surface area contributed by atoms with E-state index in [2.05, 4.69) is 11.9 Å². The second-order valence-corrected chi connectivity index (χ2v) is 7.93. The van der Waals surface area contributed by atoms with Crippen LogP contribution in [0.3, 0.4) is 0 Å². The Hall–Kier alpha value is -2.83. The van der Waals surface area contributed by atoms with Gasteiger partial charge < -0.3 is 20.0 Å². The van der Waals surface area contributed by atoms with E-state index >= 15 is 0 Å². The van der Waals surface area contributed by atoms with Crippen molar-refractivity contribution in [3.63, 3.8) is 0 Å². The van der Waals surface area contributed by atoms with Gasteiger partial charge in [-0.3, -0.25) is 9.59 Å². The molecule has 0 spiro atoms. The minimum absolute atomic E-state index is 0.0113. The second-order valence-electron chi connectivity index (χ2n) is 7.93. The van der Waals surface area contributed by atoms with E-state index in [4.69, 9.17) is 0 Å². The van der Waals surface area contributed by atoms with Crippen molar-refractivity contribution in [2.24, 2.45) is 5.92 Å². The highest BCUT2D eigenvalue weighted by Gasteiger charge is 2.35. The Balaban J connectivity index is 1.50. The van der Waals surface area contributed by atoms with Crippen LogP contribution >= 0.6 is 0 Å². The lowest BCUT2D eigenvalue weighted by molar-refractivity contribution is -0.144. The van der Waals surface area contributed by atoms with Gasteiger partial charge in [-0.2, -0.15) is 0 Å². The highest BCUT2D eigenvalue weighted by Crippen LogP contribution is 2.23. The van der Waals surface area contributed by atoms with E-state index in [-0.39, 0.29) is 29.8 Å². The summed E-state index contributed by atoms with van der Waals surface area (Å²) in [6.45, 7) is 10.3. The van der Waals surface area contributed by atoms with E-state index in [1.165, 1.54) is 6.08 Å². The zero-order valence-corrected chi connectivity index (χ0v) is 17.3. The first-order chi connectivity index (χ1) is 13.9. The maximum absolute atomic E-state index is 13.0. The van der Waals surface area contributed by atoms with Crippen LogP contribution in [0.5, 0.6) is 0 Å². The van der Waals surface area contributed by atoms with E-state index in [1.54, 1.807) is 9.80 Å². The molecule has 0 unspecified atom stereocenters. The molecule has 4 amide bonds. The lowest BCUT2D eigenvalue weighted by Crippen LogP contribution is -2.57. The molecule has 2 aliphatic rings. The van der Waals surface area contributed by atoms with Crippen molar-refractivity contribution in [1.29, 1.82) is 0 Å². The van der Waals surface area contributed by atoms with Crippen molar-refractivity contribution in [3.05, 3.63) is 42.5 Å². The van der Waals surface area contributed by atoms with Crippen molar-refractivity contribution in [3.8, 4) is 0 Å². The van der Waals surface area contributed by atoms with Gasteiger partial charge in [-0.05, 0) is 50.5 Å². The van der Waals surface area contributed by atoms with Gasteiger partial charge in [0.2, 0.25) is 11.8 Å². The SMILES string of the molecule is C=CC(=O)N1CCN(C(=O)C2CCN(C(=O)Nc3cccc(C)c3)CC2)[C@@H](C)C1. The molecule has 2 aliphatic heterocycles. The highest BCUT2D eigenvalue weighted by atomic mass is 16.2. The Kier molecular flexibility index (Phi) is 6.56. The minimum atomic E-state index is -0.119. The molecule has 7 heteroatoms. The van der Waals surface area contributed by atoms with Gasteiger partial charge in [0.15, 0.2) is 0 Å². The number of nitrogens with zero attached hydrogens (tertiary/aromatic N) is 3. The number of amides is 4. The monoisotopic (exact) mass is 398 g/mol. The molecule has 1 N–H and O–H groups in total. The van der Waals surface area contributed by atoms with Crippen molar-refractivity contribution in [2.75, 3.05) is 38.0 Å². The van der Waals surface area contributed by atoms with Crippen LogP contribution in [0.15, 0.2) is 36.9 Å². The number of anilines is 1. The first-order valence-corrected chi connectivity index (χ1v) is 10.2. The lowest BCUT2D eigenvalue weighted by atomic mass is 9.94. The predicted molar refractivity (Wildman–Crippen MR) is 112 cm³/mol. The molecule has 2 fully saturated rings. The molecule has 0 radical (unpaired) electrons. The van der Waals surface area contributed by atoms with E-state index in [1.807, 2.05) is 43.0 Å². The van der Waals surface area contributed by atoms with E-state index in [0.717, 1.165) is 11.3 Å². The van der Waals surface area contributed by atoms with E-state index in [0.29, 0.717) is 45.6 Å². The highest BCUT2D eigenvalue weighted by molar-refractivity contribution is 5.90. The molecular formula is C22H30N4O3. The van der Waals surface area contributed by atoms with Gasteiger partial charge in [-0.25, -0.2) is 4.79 Å². The second kappa shape index (κ2) is 9.11. The molecule has 29 heavy (non-hydrogen) atoms. The fraction of sp³-hybridized carbons (Fsp3) is 0.500. The number of carbonyl (C=O) groups excluding carboxylic acids is 3. The third-order valence-corrected chi connectivity index (χ3v) is 5.80. The number of piperazine rings is 1. The van der Waals surface area contributed by atoms with Crippen molar-refractivity contribution >= 4 is 23.5 Å². The van der Waals surface area contributed by atoms with Gasteiger partial charge in [-0.1, -0.05) is 18.7 Å². The molecule has 1 aromatic carbocycles. The van der Waals surface area contributed by atoms with E-state index in [9.17, 15) is 14.4 Å². The number of piperidine rings is 1. The Labute approximate surface area is 172 Å². The summed E-state index contributed by atoms with van der Waals surface area (Å²) >= 11 is 0. The maximum atomic E-state index is 13.0. The number of urea groups is 1. The fourth-order valence-electron chi connectivity index (χ4n) is 4.10. The molecule has 0 bridgehead atoms. The Morgan fingerprint density at radius 2 is 1.83 bits per heavy atom. The summed E-state index contributed by atoms with van der Waals surface area (Å²) < 4.78 is 0. The average molecular weight is 399 g/mol. The molecule has 3 rings (SSSR count). The van der Waals surface area contributed by atoms with Crippen LogP contribution in [0.1, 0.15) is 25.3 Å². The molecule has 0 aliphatic carbocycles. The summed E-state index contributed by atoms with van der Waals surface area (Å²) in [4.78, 5) is 42.7. The van der Waals surface area contributed by atoms with Gasteiger partial charge >= 0.3 is 6.03 Å². The first-order valence-electron chi connectivity index (χ1n) is 10.2. The number of benzene rings is 1. The molecule has 1 atom stereocenters. The Morgan fingerprint density at radius 3 is 2.45 bits per heavy atom. The molecule has 0 aromatic heterocycles. The third kappa shape index (κ3) is 4.96. The number of hydrogen-bond acceptors (Lipinski definition) is 3. The zero-order chi connectivity index (χ0) is 21.0. The molecule has 7 nitrogen and oxygen atoms in total. The predicted octanol–water partition coefficient (Wildman–Crippen LogP) is 2.48. The normalized spacial score (nSPS) is 20.3. The smallest absolute Gasteiger partial charge is 0.321 e. The summed E-state index contributed by atoms with van der Waals surface area (Å²) in [6, 6.07) is 7.58. The molecule has 156 valence electrons. The molecular weight excluding hydrogens is 368 g/mol. The standard InChI is InChI=1S/C22H30N4O3/c1-4-20(27)25-12-13-26(17(3)15-25)21(28)18-8-10-24(11-9-18)22(29)23-19-7-5-6-16(2)14-19/h4-7,14,17-18H,1,8-13,15H2,2-3H3,(H,23,29)/t17-/m0/s1. The summed E-state index contributed by atoms with van der Waals surface area (Å²) in [7, 11) is 0.